The van der Waals surface area contributed by atoms with Gasteiger partial charge in [0.2, 0.25) is 0 Å². The molecule has 5 nitrogen and oxygen atoms in total. The Hall–Kier alpha value is -3.57. The third-order valence-electron chi connectivity index (χ3n) is 4.40. The molecule has 0 aliphatic heterocycles. The zero-order chi connectivity index (χ0) is 18.8. The van der Waals surface area contributed by atoms with Gasteiger partial charge in [-0.05, 0) is 25.5 Å². The Balaban J connectivity index is 2.42. The molecule has 2 aromatic carbocycles. The average Bonchev–Trinajstić information content (AvgIpc) is 2.93. The minimum Gasteiger partial charge on any atom is -0.428 e. The van der Waals surface area contributed by atoms with Gasteiger partial charge in [0, 0.05) is 17.4 Å². The van der Waals surface area contributed by atoms with Crippen LogP contribution in [0.3, 0.4) is 0 Å². The van der Waals surface area contributed by atoms with Gasteiger partial charge in [-0.3, -0.25) is 4.79 Å². The van der Waals surface area contributed by atoms with Crippen LogP contribution in [-0.4, -0.2) is 15.7 Å². The summed E-state index contributed by atoms with van der Waals surface area (Å²) in [4.78, 5) is 12.8. The zero-order valence-corrected chi connectivity index (χ0v) is 14.6. The summed E-state index contributed by atoms with van der Waals surface area (Å²) in [5.74, 6) is -0.102. The lowest BCUT2D eigenvalue weighted by Crippen LogP contribution is -2.02. The molecule has 0 bridgehead atoms. The molecule has 26 heavy (non-hydrogen) atoms. The van der Waals surface area contributed by atoms with E-state index in [1.807, 2.05) is 50.3 Å². The van der Waals surface area contributed by atoms with Crippen molar-refractivity contribution in [2.75, 3.05) is 0 Å². The van der Waals surface area contributed by atoms with E-state index in [9.17, 15) is 20.5 Å². The standard InChI is InChI=1S/C21H17N3O2/c1-3-4-19(25)20-17-9-15(11-22)16(12-23)10-18(17)24(26)21(20)14-7-5-13(2)6-8-14/h5-10,26H,3-4H2,1-2H3. The highest BCUT2D eigenvalue weighted by Crippen LogP contribution is 2.35. The number of hydrogen-bond donors (Lipinski definition) is 1. The molecule has 3 aromatic rings. The van der Waals surface area contributed by atoms with Crippen molar-refractivity contribution in [1.29, 1.82) is 10.5 Å². The van der Waals surface area contributed by atoms with Crippen LogP contribution < -0.4 is 0 Å². The molecule has 0 aliphatic carbocycles. The van der Waals surface area contributed by atoms with Crippen LogP contribution in [0.25, 0.3) is 22.2 Å². The van der Waals surface area contributed by atoms with Crippen molar-refractivity contribution >= 4 is 16.7 Å². The molecular formula is C21H17N3O2. The van der Waals surface area contributed by atoms with Crippen LogP contribution >= 0.6 is 0 Å². The fourth-order valence-corrected chi connectivity index (χ4v) is 3.12. The SMILES string of the molecule is CCCC(=O)c1c(-c2ccc(C)cc2)n(O)c2cc(C#N)c(C#N)cc12. The monoisotopic (exact) mass is 343 g/mol. The number of ketones is 1. The number of Topliss-reactive ketones (excluding diaryl/α,β-unsaturated/α-hetero) is 1. The molecule has 0 atom stereocenters. The quantitative estimate of drug-likeness (QED) is 0.554. The maximum absolute atomic E-state index is 12.8. The van der Waals surface area contributed by atoms with Gasteiger partial charge in [-0.2, -0.15) is 15.3 Å². The fourth-order valence-electron chi connectivity index (χ4n) is 3.12. The van der Waals surface area contributed by atoms with Crippen molar-refractivity contribution in [3.63, 3.8) is 0 Å². The van der Waals surface area contributed by atoms with Crippen LogP contribution in [0.4, 0.5) is 0 Å². The molecule has 128 valence electrons. The first-order valence-electron chi connectivity index (χ1n) is 8.34. The predicted molar refractivity (Wildman–Crippen MR) is 98.0 cm³/mol. The number of fused-ring (bicyclic) bond motifs is 1. The van der Waals surface area contributed by atoms with Crippen molar-refractivity contribution in [2.45, 2.75) is 26.7 Å². The van der Waals surface area contributed by atoms with Crippen molar-refractivity contribution in [3.8, 4) is 23.4 Å². The molecule has 0 radical (unpaired) electrons. The van der Waals surface area contributed by atoms with Crippen LogP contribution in [0.5, 0.6) is 0 Å². The molecule has 0 aliphatic rings. The number of hydrogen-bond acceptors (Lipinski definition) is 4. The molecule has 0 amide bonds. The second-order valence-corrected chi connectivity index (χ2v) is 6.21. The number of aromatic nitrogens is 1. The molecule has 0 fully saturated rings. The largest absolute Gasteiger partial charge is 0.428 e. The number of benzene rings is 2. The summed E-state index contributed by atoms with van der Waals surface area (Å²) in [6.45, 7) is 3.87. The highest BCUT2D eigenvalue weighted by Gasteiger charge is 2.24. The Morgan fingerprint density at radius 2 is 1.73 bits per heavy atom. The summed E-state index contributed by atoms with van der Waals surface area (Å²) in [5.41, 5.74) is 3.23. The summed E-state index contributed by atoms with van der Waals surface area (Å²) in [6.07, 6.45) is 1.01. The van der Waals surface area contributed by atoms with E-state index in [2.05, 4.69) is 0 Å². The third-order valence-corrected chi connectivity index (χ3v) is 4.40. The molecule has 1 heterocycles. The van der Waals surface area contributed by atoms with Crippen LogP contribution in [0.2, 0.25) is 0 Å². The highest BCUT2D eigenvalue weighted by molar-refractivity contribution is 6.14. The van der Waals surface area contributed by atoms with E-state index in [1.165, 1.54) is 12.1 Å². The molecule has 0 spiro atoms. The maximum Gasteiger partial charge on any atom is 0.165 e. The van der Waals surface area contributed by atoms with Crippen LogP contribution in [0.1, 0.15) is 46.8 Å². The Kier molecular flexibility index (Phi) is 4.47. The summed E-state index contributed by atoms with van der Waals surface area (Å²) in [7, 11) is 0. The number of carbonyl (C=O) groups is 1. The van der Waals surface area contributed by atoms with E-state index in [0.29, 0.717) is 40.6 Å². The van der Waals surface area contributed by atoms with Crippen LogP contribution in [0, 0.1) is 29.6 Å². The minimum absolute atomic E-state index is 0.102. The van der Waals surface area contributed by atoms with E-state index >= 15 is 0 Å². The normalized spacial score (nSPS) is 10.5. The zero-order valence-electron chi connectivity index (χ0n) is 14.6. The van der Waals surface area contributed by atoms with Gasteiger partial charge >= 0.3 is 0 Å². The first kappa shape index (κ1) is 17.3. The topological polar surface area (TPSA) is 89.8 Å². The predicted octanol–water partition coefficient (Wildman–Crippen LogP) is 4.58. The van der Waals surface area contributed by atoms with Gasteiger partial charge in [-0.15, -0.1) is 0 Å². The van der Waals surface area contributed by atoms with E-state index in [4.69, 9.17) is 0 Å². The van der Waals surface area contributed by atoms with E-state index in [1.54, 1.807) is 0 Å². The lowest BCUT2D eigenvalue weighted by molar-refractivity contribution is 0.0982. The molecule has 3 rings (SSSR count). The first-order chi connectivity index (χ1) is 12.5. The molecule has 0 saturated carbocycles. The first-order valence-corrected chi connectivity index (χ1v) is 8.34. The Morgan fingerprint density at radius 1 is 1.12 bits per heavy atom. The van der Waals surface area contributed by atoms with Crippen molar-refractivity contribution in [3.05, 3.63) is 58.7 Å². The van der Waals surface area contributed by atoms with Gasteiger partial charge in [0.05, 0.1) is 27.9 Å². The van der Waals surface area contributed by atoms with Gasteiger partial charge in [0.25, 0.3) is 0 Å². The summed E-state index contributed by atoms with van der Waals surface area (Å²) >= 11 is 0. The lowest BCUT2D eigenvalue weighted by atomic mass is 9.97. The van der Waals surface area contributed by atoms with Gasteiger partial charge in [-0.1, -0.05) is 36.8 Å². The molecule has 0 saturated heterocycles. The van der Waals surface area contributed by atoms with Gasteiger partial charge in [0.15, 0.2) is 5.78 Å². The van der Waals surface area contributed by atoms with Crippen LogP contribution in [-0.2, 0) is 0 Å². The molecule has 0 unspecified atom stereocenters. The Bertz CT molecular complexity index is 1090. The van der Waals surface area contributed by atoms with E-state index < -0.39 is 0 Å². The number of rotatable bonds is 4. The Morgan fingerprint density at radius 3 is 2.31 bits per heavy atom. The molecule has 5 heteroatoms. The second-order valence-electron chi connectivity index (χ2n) is 6.21. The molecule has 1 aromatic heterocycles. The van der Waals surface area contributed by atoms with Crippen molar-refractivity contribution in [1.82, 2.24) is 4.73 Å². The van der Waals surface area contributed by atoms with Gasteiger partial charge in [-0.25, -0.2) is 0 Å². The summed E-state index contributed by atoms with van der Waals surface area (Å²) in [5, 5.41) is 29.8. The van der Waals surface area contributed by atoms with E-state index in [-0.39, 0.29) is 16.9 Å². The second kappa shape index (κ2) is 6.74. The van der Waals surface area contributed by atoms with E-state index in [0.717, 1.165) is 10.3 Å². The minimum atomic E-state index is -0.102. The Labute approximate surface area is 151 Å². The highest BCUT2D eigenvalue weighted by atomic mass is 16.5. The molecular weight excluding hydrogens is 326 g/mol. The number of nitrogens with zero attached hydrogens (tertiary/aromatic N) is 3. The maximum atomic E-state index is 12.8. The van der Waals surface area contributed by atoms with Crippen molar-refractivity contribution < 1.29 is 10.0 Å². The number of carbonyl (C=O) groups excluding carboxylic acids is 1. The van der Waals surface area contributed by atoms with Gasteiger partial charge < -0.3 is 5.21 Å². The smallest absolute Gasteiger partial charge is 0.165 e. The average molecular weight is 343 g/mol. The lowest BCUT2D eigenvalue weighted by Gasteiger charge is -2.07. The number of aryl methyl sites for hydroxylation is 1. The summed E-state index contributed by atoms with van der Waals surface area (Å²) < 4.78 is 0.949. The third kappa shape index (κ3) is 2.70. The number of nitriles is 2. The molecule has 1 N–H and O–H groups in total. The van der Waals surface area contributed by atoms with Crippen LogP contribution in [0.15, 0.2) is 36.4 Å². The van der Waals surface area contributed by atoms with Crippen molar-refractivity contribution in [2.24, 2.45) is 0 Å². The van der Waals surface area contributed by atoms with Gasteiger partial charge in [0.1, 0.15) is 12.1 Å². The summed E-state index contributed by atoms with van der Waals surface area (Å²) in [6, 6.07) is 14.4. The fraction of sp³-hybridized carbons (Fsp3) is 0.190.